The van der Waals surface area contributed by atoms with E-state index >= 15 is 0 Å². The number of nitrogens with one attached hydrogen (secondary N) is 1. The number of rotatable bonds is 3. The first-order valence-electron chi connectivity index (χ1n) is 5.21. The maximum Gasteiger partial charge on any atom is 0.136 e. The average Bonchev–Trinajstić information content (AvgIpc) is 2.11. The molecule has 1 heterocycles. The number of nitrogens with two attached hydrogens (primary N) is 1. The Morgan fingerprint density at radius 1 is 1.53 bits per heavy atom. The highest BCUT2D eigenvalue weighted by Crippen LogP contribution is 2.24. The fraction of sp³-hybridized carbons (Fsp3) is 0.455. The Morgan fingerprint density at radius 2 is 2.27 bits per heavy atom. The van der Waals surface area contributed by atoms with Crippen LogP contribution in [0.15, 0.2) is 12.1 Å². The lowest BCUT2D eigenvalue weighted by atomic mass is 9.93. The molecule has 0 saturated heterocycles. The summed E-state index contributed by atoms with van der Waals surface area (Å²) in [5.41, 5.74) is 7.48. The van der Waals surface area contributed by atoms with E-state index in [-0.39, 0.29) is 0 Å². The number of nitrogens with zero attached hydrogens (tertiary/aromatic N) is 1. The van der Waals surface area contributed by atoms with Crippen LogP contribution < -0.4 is 11.1 Å². The molecule has 0 radical (unpaired) electrons. The number of anilines is 1. The topological polar surface area (TPSA) is 50.9 Å². The van der Waals surface area contributed by atoms with Crippen LogP contribution >= 0.6 is 12.2 Å². The third-order valence-corrected chi connectivity index (χ3v) is 2.97. The molecule has 1 aromatic rings. The predicted octanol–water partition coefficient (Wildman–Crippen LogP) is 1.99. The normalized spacial score (nSPS) is 15.8. The van der Waals surface area contributed by atoms with Crippen molar-refractivity contribution in [2.75, 3.05) is 5.32 Å². The molecule has 2 rings (SSSR count). The molecule has 15 heavy (non-hydrogen) atoms. The molecule has 1 fully saturated rings. The van der Waals surface area contributed by atoms with Crippen LogP contribution in [0.2, 0.25) is 0 Å². The number of hydrogen-bond acceptors (Lipinski definition) is 3. The molecule has 1 aromatic heterocycles. The third kappa shape index (κ3) is 2.26. The van der Waals surface area contributed by atoms with E-state index in [1.165, 1.54) is 19.3 Å². The molecule has 4 heteroatoms. The minimum atomic E-state index is 0.407. The highest BCUT2D eigenvalue weighted by atomic mass is 32.1. The standard InChI is InChI=1S/C11H15N3S/c1-7-5-6-9(10(12)15)11(13-7)14-8-3-2-4-8/h5-6,8H,2-4H2,1H3,(H2,12,15)(H,13,14). The van der Waals surface area contributed by atoms with Crippen LogP contribution in [0.4, 0.5) is 5.82 Å². The average molecular weight is 221 g/mol. The van der Waals surface area contributed by atoms with Gasteiger partial charge in [0.2, 0.25) is 0 Å². The van der Waals surface area contributed by atoms with Crippen LogP contribution in [0.3, 0.4) is 0 Å². The number of pyridine rings is 1. The summed E-state index contributed by atoms with van der Waals surface area (Å²) in [5, 5.41) is 3.39. The maximum atomic E-state index is 5.65. The van der Waals surface area contributed by atoms with Gasteiger partial charge in [-0.1, -0.05) is 12.2 Å². The highest BCUT2D eigenvalue weighted by molar-refractivity contribution is 7.80. The zero-order valence-electron chi connectivity index (χ0n) is 8.79. The van der Waals surface area contributed by atoms with E-state index in [2.05, 4.69) is 10.3 Å². The fourth-order valence-electron chi connectivity index (χ4n) is 1.61. The van der Waals surface area contributed by atoms with E-state index in [4.69, 9.17) is 18.0 Å². The molecule has 0 spiro atoms. The SMILES string of the molecule is Cc1ccc(C(N)=S)c(NC2CCC2)n1. The van der Waals surface area contributed by atoms with Crippen molar-refractivity contribution >= 4 is 23.0 Å². The summed E-state index contributed by atoms with van der Waals surface area (Å²) in [5.74, 6) is 0.840. The Kier molecular flexibility index (Phi) is 2.86. The molecule has 0 atom stereocenters. The van der Waals surface area contributed by atoms with Crippen molar-refractivity contribution in [3.63, 3.8) is 0 Å². The van der Waals surface area contributed by atoms with Crippen LogP contribution in [0.1, 0.15) is 30.5 Å². The van der Waals surface area contributed by atoms with Gasteiger partial charge >= 0.3 is 0 Å². The summed E-state index contributed by atoms with van der Waals surface area (Å²) in [6.07, 6.45) is 3.73. The van der Waals surface area contributed by atoms with Gasteiger partial charge in [-0.3, -0.25) is 0 Å². The first-order chi connectivity index (χ1) is 7.16. The summed E-state index contributed by atoms with van der Waals surface area (Å²) in [6.45, 7) is 1.97. The summed E-state index contributed by atoms with van der Waals surface area (Å²) >= 11 is 5.00. The van der Waals surface area contributed by atoms with Crippen molar-refractivity contribution in [3.8, 4) is 0 Å². The highest BCUT2D eigenvalue weighted by Gasteiger charge is 2.19. The largest absolute Gasteiger partial charge is 0.389 e. The van der Waals surface area contributed by atoms with Gasteiger partial charge in [-0.25, -0.2) is 4.98 Å². The molecule has 3 nitrogen and oxygen atoms in total. The van der Waals surface area contributed by atoms with E-state index in [9.17, 15) is 0 Å². The molecular weight excluding hydrogens is 206 g/mol. The first-order valence-corrected chi connectivity index (χ1v) is 5.61. The fourth-order valence-corrected chi connectivity index (χ4v) is 1.78. The summed E-state index contributed by atoms with van der Waals surface area (Å²) in [6, 6.07) is 4.42. The second-order valence-corrected chi connectivity index (χ2v) is 4.43. The minimum absolute atomic E-state index is 0.407. The summed E-state index contributed by atoms with van der Waals surface area (Å²) < 4.78 is 0. The van der Waals surface area contributed by atoms with E-state index in [0.717, 1.165) is 17.1 Å². The van der Waals surface area contributed by atoms with Gasteiger partial charge in [-0.05, 0) is 38.3 Å². The number of hydrogen-bond donors (Lipinski definition) is 2. The minimum Gasteiger partial charge on any atom is -0.389 e. The smallest absolute Gasteiger partial charge is 0.136 e. The zero-order valence-corrected chi connectivity index (χ0v) is 9.60. The monoisotopic (exact) mass is 221 g/mol. The van der Waals surface area contributed by atoms with E-state index in [0.29, 0.717) is 11.0 Å². The maximum absolute atomic E-state index is 5.65. The molecule has 0 aromatic carbocycles. The second kappa shape index (κ2) is 4.14. The molecule has 0 aliphatic heterocycles. The third-order valence-electron chi connectivity index (χ3n) is 2.75. The van der Waals surface area contributed by atoms with Gasteiger partial charge in [0, 0.05) is 11.7 Å². The van der Waals surface area contributed by atoms with Crippen molar-refractivity contribution in [1.29, 1.82) is 0 Å². The van der Waals surface area contributed by atoms with Gasteiger partial charge in [-0.15, -0.1) is 0 Å². The Bertz CT molecular complexity index is 385. The van der Waals surface area contributed by atoms with E-state index in [1.807, 2.05) is 19.1 Å². The molecule has 0 unspecified atom stereocenters. The van der Waals surface area contributed by atoms with Crippen molar-refractivity contribution in [2.45, 2.75) is 32.2 Å². The first kappa shape index (κ1) is 10.4. The quantitative estimate of drug-likeness (QED) is 0.766. The van der Waals surface area contributed by atoms with Gasteiger partial charge in [0.1, 0.15) is 10.8 Å². The number of thiocarbonyl (C=S) groups is 1. The van der Waals surface area contributed by atoms with E-state index in [1.54, 1.807) is 0 Å². The Hall–Kier alpha value is -1.16. The van der Waals surface area contributed by atoms with Gasteiger partial charge in [-0.2, -0.15) is 0 Å². The Labute approximate surface area is 95.1 Å². The molecule has 1 saturated carbocycles. The summed E-state index contributed by atoms with van der Waals surface area (Å²) in [4.78, 5) is 4.84. The molecule has 3 N–H and O–H groups in total. The lowest BCUT2D eigenvalue weighted by Gasteiger charge is -2.27. The lowest BCUT2D eigenvalue weighted by molar-refractivity contribution is 0.444. The van der Waals surface area contributed by atoms with Gasteiger partial charge in [0.05, 0.1) is 5.56 Å². The van der Waals surface area contributed by atoms with Gasteiger partial charge in [0.15, 0.2) is 0 Å². The zero-order chi connectivity index (χ0) is 10.8. The van der Waals surface area contributed by atoms with Crippen LogP contribution in [-0.2, 0) is 0 Å². The molecule has 1 aliphatic rings. The summed E-state index contributed by atoms with van der Waals surface area (Å²) in [7, 11) is 0. The van der Waals surface area contributed by atoms with Crippen LogP contribution in [0.25, 0.3) is 0 Å². The molecular formula is C11H15N3S. The van der Waals surface area contributed by atoms with Crippen molar-refractivity contribution in [1.82, 2.24) is 4.98 Å². The predicted molar refractivity (Wildman–Crippen MR) is 66.1 cm³/mol. The Balaban J connectivity index is 2.24. The molecule has 0 bridgehead atoms. The molecule has 0 amide bonds. The van der Waals surface area contributed by atoms with Crippen LogP contribution in [0, 0.1) is 6.92 Å². The van der Waals surface area contributed by atoms with E-state index < -0.39 is 0 Å². The molecule has 1 aliphatic carbocycles. The van der Waals surface area contributed by atoms with Crippen molar-refractivity contribution in [2.24, 2.45) is 5.73 Å². The number of aromatic nitrogens is 1. The van der Waals surface area contributed by atoms with Gasteiger partial charge < -0.3 is 11.1 Å². The van der Waals surface area contributed by atoms with Gasteiger partial charge in [0.25, 0.3) is 0 Å². The second-order valence-electron chi connectivity index (χ2n) is 3.99. The lowest BCUT2D eigenvalue weighted by Crippen LogP contribution is -2.29. The molecule has 80 valence electrons. The number of aryl methyl sites for hydroxylation is 1. The van der Waals surface area contributed by atoms with Crippen LogP contribution in [0.5, 0.6) is 0 Å². The van der Waals surface area contributed by atoms with Crippen molar-refractivity contribution in [3.05, 3.63) is 23.4 Å². The van der Waals surface area contributed by atoms with Crippen molar-refractivity contribution < 1.29 is 0 Å². The van der Waals surface area contributed by atoms with Crippen LogP contribution in [-0.4, -0.2) is 16.0 Å². The Morgan fingerprint density at radius 3 is 2.80 bits per heavy atom.